The number of hydrogen-bond donors (Lipinski definition) is 3. The van der Waals surface area contributed by atoms with Gasteiger partial charge in [-0.15, -0.1) is 0 Å². The van der Waals surface area contributed by atoms with E-state index < -0.39 is 5.91 Å². The van der Waals surface area contributed by atoms with Gasteiger partial charge in [-0.3, -0.25) is 14.4 Å². The molecule has 0 bridgehead atoms. The third-order valence-electron chi connectivity index (χ3n) is 4.10. The first kappa shape index (κ1) is 18.4. The molecule has 0 aromatic heterocycles. The summed E-state index contributed by atoms with van der Waals surface area (Å²) in [5.74, 6) is -0.153. The van der Waals surface area contributed by atoms with Crippen molar-refractivity contribution in [2.45, 2.75) is 19.3 Å². The minimum absolute atomic E-state index is 0.0224. The summed E-state index contributed by atoms with van der Waals surface area (Å²) in [6.45, 7) is 0.137. The van der Waals surface area contributed by atoms with Gasteiger partial charge in [0.2, 0.25) is 11.8 Å². The molecule has 1 saturated carbocycles. The lowest BCUT2D eigenvalue weighted by Gasteiger charge is -2.12. The maximum Gasteiger partial charge on any atom is 0.255 e. The highest BCUT2D eigenvalue weighted by Crippen LogP contribution is 2.30. The van der Waals surface area contributed by atoms with E-state index in [1.807, 2.05) is 0 Å². The van der Waals surface area contributed by atoms with Gasteiger partial charge in [0.15, 0.2) is 0 Å². The molecule has 27 heavy (non-hydrogen) atoms. The van der Waals surface area contributed by atoms with Crippen LogP contribution in [0.5, 0.6) is 5.75 Å². The molecule has 1 aliphatic rings. The quantitative estimate of drug-likeness (QED) is 0.666. The number of carbonyl (C=O) groups is 3. The van der Waals surface area contributed by atoms with Crippen LogP contribution in [0.25, 0.3) is 0 Å². The Bertz CT molecular complexity index is 845. The Morgan fingerprint density at radius 1 is 1.00 bits per heavy atom. The highest BCUT2D eigenvalue weighted by Gasteiger charge is 2.29. The molecule has 140 valence electrons. The van der Waals surface area contributed by atoms with E-state index in [9.17, 15) is 14.4 Å². The van der Waals surface area contributed by atoms with Crippen molar-refractivity contribution in [1.82, 2.24) is 0 Å². The molecule has 0 heterocycles. The molecule has 1 fully saturated rings. The van der Waals surface area contributed by atoms with Crippen LogP contribution in [0.2, 0.25) is 0 Å². The van der Waals surface area contributed by atoms with E-state index in [1.165, 1.54) is 0 Å². The van der Waals surface area contributed by atoms with Crippen LogP contribution in [0.1, 0.15) is 29.6 Å². The Morgan fingerprint density at radius 3 is 2.37 bits per heavy atom. The van der Waals surface area contributed by atoms with Gasteiger partial charge in [0.1, 0.15) is 5.75 Å². The molecule has 0 saturated heterocycles. The van der Waals surface area contributed by atoms with Crippen molar-refractivity contribution in [3.05, 3.63) is 54.1 Å². The normalized spacial score (nSPS) is 12.9. The van der Waals surface area contributed by atoms with Crippen molar-refractivity contribution in [2.24, 2.45) is 11.7 Å². The van der Waals surface area contributed by atoms with E-state index in [-0.39, 0.29) is 30.8 Å². The second kappa shape index (κ2) is 8.35. The Morgan fingerprint density at radius 2 is 1.70 bits per heavy atom. The predicted octanol–water partition coefficient (Wildman–Crippen LogP) is 2.54. The van der Waals surface area contributed by atoms with Crippen LogP contribution in [0.4, 0.5) is 11.4 Å². The summed E-state index contributed by atoms with van der Waals surface area (Å²) < 4.78 is 5.51. The number of amides is 3. The van der Waals surface area contributed by atoms with Crippen molar-refractivity contribution in [3.8, 4) is 5.75 Å². The zero-order valence-corrected chi connectivity index (χ0v) is 14.7. The number of benzene rings is 2. The second-order valence-electron chi connectivity index (χ2n) is 6.36. The third-order valence-corrected chi connectivity index (χ3v) is 4.10. The Hall–Kier alpha value is -3.35. The average molecular weight is 367 g/mol. The number of hydrogen-bond acceptors (Lipinski definition) is 4. The number of rotatable bonds is 8. The minimum atomic E-state index is -0.453. The molecule has 0 atom stereocenters. The fourth-order valence-electron chi connectivity index (χ4n) is 2.45. The van der Waals surface area contributed by atoms with Gasteiger partial charge >= 0.3 is 0 Å². The zero-order valence-electron chi connectivity index (χ0n) is 14.7. The number of nitrogens with one attached hydrogen (secondary N) is 2. The second-order valence-corrected chi connectivity index (χ2v) is 6.36. The number of nitrogens with two attached hydrogens (primary N) is 1. The molecule has 3 rings (SSSR count). The highest BCUT2D eigenvalue weighted by atomic mass is 16.5. The van der Waals surface area contributed by atoms with Gasteiger partial charge in [0.25, 0.3) is 5.91 Å². The van der Waals surface area contributed by atoms with Crippen LogP contribution in [0, 0.1) is 5.92 Å². The fraction of sp³-hybridized carbons (Fsp3) is 0.250. The van der Waals surface area contributed by atoms with Crippen LogP contribution >= 0.6 is 0 Å². The molecule has 0 aliphatic heterocycles. The van der Waals surface area contributed by atoms with Gasteiger partial charge in [-0.25, -0.2) is 0 Å². The van der Waals surface area contributed by atoms with Gasteiger partial charge in [-0.2, -0.15) is 0 Å². The predicted molar refractivity (Wildman–Crippen MR) is 101 cm³/mol. The molecule has 7 nitrogen and oxygen atoms in total. The first-order chi connectivity index (χ1) is 13.0. The summed E-state index contributed by atoms with van der Waals surface area (Å²) in [6, 6.07) is 13.6. The lowest BCUT2D eigenvalue weighted by molar-refractivity contribution is -0.118. The van der Waals surface area contributed by atoms with Crippen molar-refractivity contribution in [3.63, 3.8) is 0 Å². The number of anilines is 2. The molecule has 2 aromatic rings. The topological polar surface area (TPSA) is 111 Å². The summed E-state index contributed by atoms with van der Waals surface area (Å²) >= 11 is 0. The van der Waals surface area contributed by atoms with Crippen molar-refractivity contribution in [1.29, 1.82) is 0 Å². The maximum atomic E-state index is 12.5. The summed E-state index contributed by atoms with van der Waals surface area (Å²) in [7, 11) is 0. The van der Waals surface area contributed by atoms with E-state index in [0.29, 0.717) is 22.7 Å². The summed E-state index contributed by atoms with van der Waals surface area (Å²) in [4.78, 5) is 35.1. The average Bonchev–Trinajstić information content (AvgIpc) is 3.48. The Labute approximate surface area is 156 Å². The van der Waals surface area contributed by atoms with Gasteiger partial charge in [-0.1, -0.05) is 12.1 Å². The van der Waals surface area contributed by atoms with Gasteiger partial charge in [0.05, 0.1) is 18.7 Å². The molecule has 4 N–H and O–H groups in total. The molecular formula is C20H21N3O4. The van der Waals surface area contributed by atoms with Gasteiger partial charge in [-0.05, 0) is 49.2 Å². The van der Waals surface area contributed by atoms with Crippen molar-refractivity contribution in [2.75, 3.05) is 17.2 Å². The molecule has 2 aromatic carbocycles. The van der Waals surface area contributed by atoms with Gasteiger partial charge < -0.3 is 21.1 Å². The lowest BCUT2D eigenvalue weighted by Crippen LogP contribution is -2.16. The highest BCUT2D eigenvalue weighted by molar-refractivity contribution is 6.05. The van der Waals surface area contributed by atoms with E-state index in [0.717, 1.165) is 12.8 Å². The van der Waals surface area contributed by atoms with Crippen molar-refractivity contribution < 1.29 is 19.1 Å². The monoisotopic (exact) mass is 367 g/mol. The number of carbonyl (C=O) groups excluding carboxylic acids is 3. The van der Waals surface area contributed by atoms with Gasteiger partial charge in [0, 0.05) is 17.2 Å². The molecule has 0 radical (unpaired) electrons. The molecule has 7 heteroatoms. The molecule has 1 aliphatic carbocycles. The summed E-state index contributed by atoms with van der Waals surface area (Å²) in [6.07, 6.45) is 1.97. The van der Waals surface area contributed by atoms with Crippen molar-refractivity contribution >= 4 is 29.1 Å². The molecule has 0 spiro atoms. The third kappa shape index (κ3) is 5.31. The standard InChI is InChI=1S/C20H21N3O4/c21-18(24)11-12-27-17-4-2-1-3-16(17)23-20(26)14-7-9-15(10-8-14)22-19(25)13-5-6-13/h1-4,7-10,13H,5-6,11-12H2,(H2,21,24)(H,22,25)(H,23,26). The van der Waals surface area contributed by atoms with Crippen LogP contribution < -0.4 is 21.1 Å². The van der Waals surface area contributed by atoms with Crippen LogP contribution in [0.15, 0.2) is 48.5 Å². The molecular weight excluding hydrogens is 346 g/mol. The maximum absolute atomic E-state index is 12.5. The smallest absolute Gasteiger partial charge is 0.255 e. The number of primary amides is 1. The van der Waals surface area contributed by atoms with E-state index >= 15 is 0 Å². The largest absolute Gasteiger partial charge is 0.491 e. The number of para-hydroxylation sites is 2. The van der Waals surface area contributed by atoms with E-state index in [4.69, 9.17) is 10.5 Å². The van der Waals surface area contributed by atoms with Crippen LogP contribution in [0.3, 0.4) is 0 Å². The van der Waals surface area contributed by atoms with E-state index in [1.54, 1.807) is 48.5 Å². The fourth-order valence-corrected chi connectivity index (χ4v) is 2.45. The minimum Gasteiger partial charge on any atom is -0.491 e. The first-order valence-corrected chi connectivity index (χ1v) is 8.75. The lowest BCUT2D eigenvalue weighted by atomic mass is 10.2. The van der Waals surface area contributed by atoms with Crippen LogP contribution in [-0.2, 0) is 9.59 Å². The Balaban J connectivity index is 1.61. The summed E-state index contributed by atoms with van der Waals surface area (Å²) in [5.41, 5.74) is 6.71. The molecule has 3 amide bonds. The first-order valence-electron chi connectivity index (χ1n) is 8.75. The zero-order chi connectivity index (χ0) is 19.2. The number of ether oxygens (including phenoxy) is 1. The Kier molecular flexibility index (Phi) is 5.71. The summed E-state index contributed by atoms with van der Waals surface area (Å²) in [5, 5.41) is 5.62. The molecule has 0 unspecified atom stereocenters. The van der Waals surface area contributed by atoms with Crippen LogP contribution in [-0.4, -0.2) is 24.3 Å². The van der Waals surface area contributed by atoms with E-state index in [2.05, 4.69) is 10.6 Å². The SMILES string of the molecule is NC(=O)CCOc1ccccc1NC(=O)c1ccc(NC(=O)C2CC2)cc1.